The van der Waals surface area contributed by atoms with E-state index in [0.29, 0.717) is 5.92 Å². The van der Waals surface area contributed by atoms with Crippen LogP contribution in [-0.2, 0) is 4.74 Å². The lowest BCUT2D eigenvalue weighted by atomic mass is 9.55. The molecule has 1 heterocycles. The van der Waals surface area contributed by atoms with Crippen molar-refractivity contribution in [2.45, 2.75) is 109 Å². The van der Waals surface area contributed by atoms with E-state index in [1.54, 1.807) is 5.57 Å². The number of rotatable bonds is 0. The first-order valence-corrected chi connectivity index (χ1v) is 9.64. The van der Waals surface area contributed by atoms with Crippen LogP contribution in [0, 0.1) is 27.6 Å². The predicted octanol–water partition coefficient (Wildman–Crippen LogP) is 7.26. The van der Waals surface area contributed by atoms with Crippen LogP contribution in [0.2, 0.25) is 0 Å². The van der Waals surface area contributed by atoms with Gasteiger partial charge in [-0.05, 0) is 41.1 Å². The molecular weight excluding hydrogens is 292 g/mol. The molecule has 1 rings (SSSR count). The second-order valence-electron chi connectivity index (χ2n) is 12.5. The average Bonchev–Trinajstić information content (AvgIpc) is 2.19. The fourth-order valence-corrected chi connectivity index (χ4v) is 4.79. The zero-order chi connectivity index (χ0) is 19.5. The summed E-state index contributed by atoms with van der Waals surface area (Å²) >= 11 is 0. The van der Waals surface area contributed by atoms with Crippen molar-refractivity contribution in [3.8, 4) is 0 Å². The topological polar surface area (TPSA) is 9.23 Å². The van der Waals surface area contributed by atoms with E-state index < -0.39 is 0 Å². The number of hydrogen-bond acceptors (Lipinski definition) is 1. The third kappa shape index (κ3) is 4.26. The van der Waals surface area contributed by atoms with Crippen molar-refractivity contribution in [2.75, 3.05) is 0 Å². The Morgan fingerprint density at radius 3 is 1.33 bits per heavy atom. The molecule has 0 aromatic heterocycles. The molecule has 0 aromatic rings. The molecule has 0 fully saturated rings. The van der Waals surface area contributed by atoms with E-state index in [9.17, 15) is 0 Å². The van der Waals surface area contributed by atoms with Crippen molar-refractivity contribution in [2.24, 2.45) is 27.6 Å². The molecule has 1 aliphatic heterocycles. The van der Waals surface area contributed by atoms with Crippen LogP contribution in [0.1, 0.15) is 96.9 Å². The fraction of sp³-hybridized carbons (Fsp3) is 0.913. The lowest BCUT2D eigenvalue weighted by molar-refractivity contribution is -0.157. The zero-order valence-electron chi connectivity index (χ0n) is 19.1. The van der Waals surface area contributed by atoms with E-state index in [1.165, 1.54) is 5.57 Å². The van der Waals surface area contributed by atoms with E-state index in [-0.39, 0.29) is 33.4 Å². The highest BCUT2D eigenvalue weighted by Gasteiger charge is 2.54. The van der Waals surface area contributed by atoms with Gasteiger partial charge in [-0.3, -0.25) is 0 Å². The monoisotopic (exact) mass is 336 g/mol. The molecule has 2 unspecified atom stereocenters. The van der Waals surface area contributed by atoms with Gasteiger partial charge in [-0.2, -0.15) is 0 Å². The largest absolute Gasteiger partial charge is 0.367 e. The van der Waals surface area contributed by atoms with Crippen molar-refractivity contribution in [1.82, 2.24) is 0 Å². The molecule has 0 aliphatic carbocycles. The van der Waals surface area contributed by atoms with Crippen molar-refractivity contribution in [3.05, 3.63) is 11.1 Å². The van der Waals surface area contributed by atoms with Gasteiger partial charge in [0.2, 0.25) is 0 Å². The molecule has 2 atom stereocenters. The smallest absolute Gasteiger partial charge is 0.0847 e. The Morgan fingerprint density at radius 1 is 0.667 bits per heavy atom. The minimum absolute atomic E-state index is 0.0957. The highest BCUT2D eigenvalue weighted by molar-refractivity contribution is 5.37. The Bertz CT molecular complexity index is 492. The molecule has 0 radical (unpaired) electrons. The number of hydrogen-bond donors (Lipinski definition) is 0. The summed E-state index contributed by atoms with van der Waals surface area (Å²) < 4.78 is 6.88. The van der Waals surface area contributed by atoms with Gasteiger partial charge in [0.25, 0.3) is 0 Å². The first kappa shape index (κ1) is 21.7. The minimum Gasteiger partial charge on any atom is -0.367 e. The quantitative estimate of drug-likeness (QED) is 0.423. The van der Waals surface area contributed by atoms with Gasteiger partial charge in [0.05, 0.1) is 11.7 Å². The van der Waals surface area contributed by atoms with Gasteiger partial charge in [-0.25, -0.2) is 0 Å². The average molecular weight is 337 g/mol. The molecule has 0 bridgehead atoms. The van der Waals surface area contributed by atoms with Gasteiger partial charge in [0, 0.05) is 5.92 Å². The first-order chi connectivity index (χ1) is 10.2. The van der Waals surface area contributed by atoms with Gasteiger partial charge >= 0.3 is 0 Å². The van der Waals surface area contributed by atoms with Crippen LogP contribution in [0.5, 0.6) is 0 Å². The van der Waals surface area contributed by atoms with Crippen LogP contribution in [-0.4, -0.2) is 11.7 Å². The SMILES string of the molecule is CC(C)(C)C1=C(C(C)(C)C)C(C)(C)OC(C(C)(C)C)C1C(C)(C)C. The van der Waals surface area contributed by atoms with Gasteiger partial charge in [-0.15, -0.1) is 0 Å². The van der Waals surface area contributed by atoms with E-state index >= 15 is 0 Å². The maximum Gasteiger partial charge on any atom is 0.0847 e. The van der Waals surface area contributed by atoms with Crippen molar-refractivity contribution < 1.29 is 4.74 Å². The van der Waals surface area contributed by atoms with Crippen molar-refractivity contribution >= 4 is 0 Å². The highest BCUT2D eigenvalue weighted by atomic mass is 16.5. The van der Waals surface area contributed by atoms with Crippen LogP contribution in [0.3, 0.4) is 0 Å². The summed E-state index contributed by atoms with van der Waals surface area (Å²) in [6, 6.07) is 0. The van der Waals surface area contributed by atoms with Crippen LogP contribution in [0.15, 0.2) is 11.1 Å². The van der Waals surface area contributed by atoms with Gasteiger partial charge in [-0.1, -0.05) is 88.7 Å². The fourth-order valence-electron chi connectivity index (χ4n) is 4.79. The summed E-state index contributed by atoms with van der Waals surface area (Å²) in [6.07, 6.45) is 0.216. The molecule has 142 valence electrons. The van der Waals surface area contributed by atoms with Crippen molar-refractivity contribution in [3.63, 3.8) is 0 Å². The summed E-state index contributed by atoms with van der Waals surface area (Å²) in [4.78, 5) is 0. The molecular formula is C23H44O. The molecule has 24 heavy (non-hydrogen) atoms. The third-order valence-electron chi connectivity index (χ3n) is 5.25. The first-order valence-electron chi connectivity index (χ1n) is 9.64. The molecule has 1 heteroatoms. The van der Waals surface area contributed by atoms with Gasteiger partial charge in [0.1, 0.15) is 0 Å². The Labute approximate surface area is 152 Å². The normalized spacial score (nSPS) is 26.8. The second-order valence-corrected chi connectivity index (χ2v) is 12.5. The third-order valence-corrected chi connectivity index (χ3v) is 5.25. The van der Waals surface area contributed by atoms with Gasteiger partial charge < -0.3 is 4.74 Å². The molecule has 1 nitrogen and oxygen atoms in total. The van der Waals surface area contributed by atoms with Crippen LogP contribution in [0.4, 0.5) is 0 Å². The van der Waals surface area contributed by atoms with E-state index in [1.807, 2.05) is 0 Å². The number of ether oxygens (including phenoxy) is 1. The van der Waals surface area contributed by atoms with E-state index in [4.69, 9.17) is 4.74 Å². The Kier molecular flexibility index (Phi) is 5.31. The molecule has 0 saturated heterocycles. The lowest BCUT2D eigenvalue weighted by Gasteiger charge is -2.57. The molecule has 0 saturated carbocycles. The zero-order valence-corrected chi connectivity index (χ0v) is 19.1. The van der Waals surface area contributed by atoms with Crippen LogP contribution >= 0.6 is 0 Å². The second kappa shape index (κ2) is 5.86. The lowest BCUT2D eigenvalue weighted by Crippen LogP contribution is -2.56. The molecule has 0 aromatic carbocycles. The predicted molar refractivity (Wildman–Crippen MR) is 107 cm³/mol. The van der Waals surface area contributed by atoms with Crippen molar-refractivity contribution in [1.29, 1.82) is 0 Å². The van der Waals surface area contributed by atoms with Crippen LogP contribution in [0.25, 0.3) is 0 Å². The van der Waals surface area contributed by atoms with E-state index in [0.717, 1.165) is 0 Å². The Hall–Kier alpha value is -0.300. The molecule has 1 aliphatic rings. The molecule has 0 amide bonds. The maximum absolute atomic E-state index is 6.88. The summed E-state index contributed by atoms with van der Waals surface area (Å²) in [6.45, 7) is 32.9. The summed E-state index contributed by atoms with van der Waals surface area (Å²) in [7, 11) is 0. The minimum atomic E-state index is -0.236. The highest BCUT2D eigenvalue weighted by Crippen LogP contribution is 2.57. The Balaban J connectivity index is 3.93. The standard InChI is InChI=1S/C23H44O/c1-19(2,3)15-16(20(4,5)6)18(22(10,11)12)24-23(13,14)17(15)21(7,8)9/h16,18H,1-14H3. The summed E-state index contributed by atoms with van der Waals surface area (Å²) in [5.74, 6) is 0.416. The molecule has 0 spiro atoms. The van der Waals surface area contributed by atoms with E-state index in [2.05, 4.69) is 96.9 Å². The summed E-state index contributed by atoms with van der Waals surface area (Å²) in [5, 5.41) is 0. The maximum atomic E-state index is 6.88. The Morgan fingerprint density at radius 2 is 1.08 bits per heavy atom. The molecule has 0 N–H and O–H groups in total. The van der Waals surface area contributed by atoms with Gasteiger partial charge in [0.15, 0.2) is 0 Å². The summed E-state index contributed by atoms with van der Waals surface area (Å²) in [5.41, 5.74) is 3.38. The van der Waals surface area contributed by atoms with Crippen LogP contribution < -0.4 is 0 Å².